The first-order chi connectivity index (χ1) is 9.85. The lowest BCUT2D eigenvalue weighted by Gasteiger charge is -2.33. The quantitative estimate of drug-likeness (QED) is 0.848. The summed E-state index contributed by atoms with van der Waals surface area (Å²) >= 11 is 0. The highest BCUT2D eigenvalue weighted by Crippen LogP contribution is 2.48. The third-order valence-corrected chi connectivity index (χ3v) is 5.42. The molecule has 4 atom stereocenters. The molecule has 3 aliphatic rings. The fraction of sp³-hybridized carbons (Fsp3) is 0.933. The van der Waals surface area contributed by atoms with Crippen LogP contribution in [0.5, 0.6) is 0 Å². The van der Waals surface area contributed by atoms with Gasteiger partial charge in [-0.15, -0.1) is 0 Å². The highest BCUT2D eigenvalue weighted by molar-refractivity contribution is 5.80. The lowest BCUT2D eigenvalue weighted by atomic mass is 9.84. The van der Waals surface area contributed by atoms with Gasteiger partial charge in [0, 0.05) is 19.1 Å². The van der Waals surface area contributed by atoms with Gasteiger partial charge in [-0.1, -0.05) is 0 Å². The molecule has 0 heterocycles. The van der Waals surface area contributed by atoms with E-state index in [-0.39, 0.29) is 24.4 Å². The Kier molecular flexibility index (Phi) is 3.93. The van der Waals surface area contributed by atoms with Crippen LogP contribution < -0.4 is 5.73 Å². The molecule has 2 bridgehead atoms. The highest BCUT2D eigenvalue weighted by atomic mass is 19.4. The third kappa shape index (κ3) is 3.35. The molecule has 1 amide bonds. The maximum atomic E-state index is 12.7. The summed E-state index contributed by atoms with van der Waals surface area (Å²) in [4.78, 5) is 14.2. The summed E-state index contributed by atoms with van der Waals surface area (Å²) in [5, 5.41) is 0. The smallest absolute Gasteiger partial charge is 0.342 e. The van der Waals surface area contributed by atoms with Crippen molar-refractivity contribution in [2.45, 2.75) is 50.7 Å². The van der Waals surface area contributed by atoms with Gasteiger partial charge in [0.15, 0.2) is 0 Å². The molecule has 0 aromatic heterocycles. The van der Waals surface area contributed by atoms with Crippen LogP contribution in [0.15, 0.2) is 0 Å². The number of nitrogens with zero attached hydrogens (tertiary/aromatic N) is 1. The van der Waals surface area contributed by atoms with Crippen molar-refractivity contribution in [3.05, 3.63) is 0 Å². The van der Waals surface area contributed by atoms with Gasteiger partial charge in [-0.25, -0.2) is 0 Å². The number of alkyl halides is 3. The van der Waals surface area contributed by atoms with Crippen molar-refractivity contribution in [3.63, 3.8) is 0 Å². The molecular formula is C15H23F3N2O. The summed E-state index contributed by atoms with van der Waals surface area (Å²) in [5.41, 5.74) is 6.16. The Morgan fingerprint density at radius 2 is 1.81 bits per heavy atom. The average molecular weight is 304 g/mol. The Bertz CT molecular complexity index is 406. The molecule has 0 aliphatic heterocycles. The van der Waals surface area contributed by atoms with Crippen LogP contribution in [0.3, 0.4) is 0 Å². The summed E-state index contributed by atoms with van der Waals surface area (Å²) < 4.78 is 37.4. The average Bonchev–Trinajstić information content (AvgIpc) is 3.00. The predicted octanol–water partition coefficient (Wildman–Crippen LogP) is 2.55. The van der Waals surface area contributed by atoms with Crippen LogP contribution in [-0.4, -0.2) is 36.1 Å². The number of carbonyl (C=O) groups is 1. The van der Waals surface area contributed by atoms with E-state index in [1.54, 1.807) is 0 Å². The van der Waals surface area contributed by atoms with Crippen LogP contribution in [0, 0.1) is 23.7 Å². The molecule has 3 rings (SSSR count). The first-order valence-electron chi connectivity index (χ1n) is 7.96. The van der Waals surface area contributed by atoms with Crippen molar-refractivity contribution in [1.82, 2.24) is 4.90 Å². The second kappa shape index (κ2) is 5.45. The molecule has 3 nitrogen and oxygen atoms in total. The number of nitrogens with two attached hydrogens (primary N) is 1. The van der Waals surface area contributed by atoms with Gasteiger partial charge >= 0.3 is 6.18 Å². The number of rotatable bonds is 5. The lowest BCUT2D eigenvalue weighted by Crippen LogP contribution is -2.48. The van der Waals surface area contributed by atoms with Crippen molar-refractivity contribution in [1.29, 1.82) is 0 Å². The first-order valence-corrected chi connectivity index (χ1v) is 7.96. The normalized spacial score (nSPS) is 35.2. The van der Waals surface area contributed by atoms with Gasteiger partial charge in [0.2, 0.25) is 5.91 Å². The van der Waals surface area contributed by atoms with Crippen molar-refractivity contribution in [2.75, 3.05) is 13.1 Å². The van der Waals surface area contributed by atoms with Crippen molar-refractivity contribution in [2.24, 2.45) is 29.4 Å². The molecule has 3 fully saturated rings. The molecule has 0 aromatic rings. The Morgan fingerprint density at radius 3 is 2.33 bits per heavy atom. The fourth-order valence-electron chi connectivity index (χ4n) is 4.08. The molecule has 2 N–H and O–H groups in total. The summed E-state index contributed by atoms with van der Waals surface area (Å²) in [6.45, 7) is 0.273. The minimum Gasteiger partial charge on any atom is -0.342 e. The minimum absolute atomic E-state index is 0.120. The monoisotopic (exact) mass is 304 g/mol. The molecule has 120 valence electrons. The summed E-state index contributed by atoms with van der Waals surface area (Å²) in [6.07, 6.45) is -0.0161. The van der Waals surface area contributed by atoms with E-state index in [4.69, 9.17) is 5.73 Å². The number of hydrogen-bond donors (Lipinski definition) is 1. The zero-order valence-electron chi connectivity index (χ0n) is 12.1. The molecule has 21 heavy (non-hydrogen) atoms. The maximum Gasteiger partial charge on any atom is 0.390 e. The van der Waals surface area contributed by atoms with E-state index in [0.29, 0.717) is 24.3 Å². The number of amides is 1. The topological polar surface area (TPSA) is 46.3 Å². The van der Waals surface area contributed by atoms with Crippen LogP contribution in [0.4, 0.5) is 13.2 Å². The van der Waals surface area contributed by atoms with Crippen LogP contribution in [0.25, 0.3) is 0 Å². The largest absolute Gasteiger partial charge is 0.390 e. The van der Waals surface area contributed by atoms with E-state index >= 15 is 0 Å². The van der Waals surface area contributed by atoms with Crippen LogP contribution in [0.2, 0.25) is 0 Å². The molecule has 0 saturated heterocycles. The Labute approximate surface area is 123 Å². The van der Waals surface area contributed by atoms with E-state index in [2.05, 4.69) is 0 Å². The van der Waals surface area contributed by atoms with Gasteiger partial charge in [0.05, 0.1) is 12.3 Å². The molecule has 6 heteroatoms. The lowest BCUT2D eigenvalue weighted by molar-refractivity contribution is -0.149. The van der Waals surface area contributed by atoms with Gasteiger partial charge in [-0.3, -0.25) is 4.79 Å². The molecule has 3 saturated carbocycles. The van der Waals surface area contributed by atoms with E-state index in [0.717, 1.165) is 32.1 Å². The second-order valence-corrected chi connectivity index (χ2v) is 7.03. The number of fused-ring (bicyclic) bond motifs is 2. The third-order valence-electron chi connectivity index (χ3n) is 5.42. The maximum absolute atomic E-state index is 12.7. The second-order valence-electron chi connectivity index (χ2n) is 7.03. The summed E-state index contributed by atoms with van der Waals surface area (Å²) in [7, 11) is 0. The van der Waals surface area contributed by atoms with E-state index < -0.39 is 12.6 Å². The predicted molar refractivity (Wildman–Crippen MR) is 72.3 cm³/mol. The van der Waals surface area contributed by atoms with Gasteiger partial charge in [0.1, 0.15) is 0 Å². The van der Waals surface area contributed by atoms with Gasteiger partial charge in [0.25, 0.3) is 0 Å². The van der Waals surface area contributed by atoms with E-state index in [9.17, 15) is 18.0 Å². The first kappa shape index (κ1) is 15.1. The van der Waals surface area contributed by atoms with Gasteiger partial charge in [-0.05, 0) is 49.9 Å². The number of carbonyl (C=O) groups excluding carboxylic acids is 1. The molecule has 3 aliphatic carbocycles. The molecule has 0 spiro atoms. The van der Waals surface area contributed by atoms with E-state index in [1.165, 1.54) is 4.90 Å². The van der Waals surface area contributed by atoms with Crippen LogP contribution in [-0.2, 0) is 4.79 Å². The molecule has 0 aromatic carbocycles. The standard InChI is InChI=1S/C15H23F3N2O/c16-15(17,18)5-6-20(8-9-1-2-9)14(21)12-10-3-4-11(7-10)13(12)19/h9-13H,1-8,19H2/t10-,11-,12+,13-/m0/s1. The fourth-order valence-corrected chi connectivity index (χ4v) is 4.08. The van der Waals surface area contributed by atoms with Crippen molar-refractivity contribution < 1.29 is 18.0 Å². The zero-order chi connectivity index (χ0) is 15.2. The zero-order valence-corrected chi connectivity index (χ0v) is 12.1. The van der Waals surface area contributed by atoms with Gasteiger partial charge < -0.3 is 10.6 Å². The van der Waals surface area contributed by atoms with Crippen LogP contribution in [0.1, 0.15) is 38.5 Å². The van der Waals surface area contributed by atoms with Crippen molar-refractivity contribution in [3.8, 4) is 0 Å². The highest BCUT2D eigenvalue weighted by Gasteiger charge is 2.50. The molecule has 0 unspecified atom stereocenters. The van der Waals surface area contributed by atoms with Crippen molar-refractivity contribution >= 4 is 5.91 Å². The van der Waals surface area contributed by atoms with Crippen LogP contribution >= 0.6 is 0 Å². The minimum atomic E-state index is -4.21. The van der Waals surface area contributed by atoms with E-state index in [1.807, 2.05) is 0 Å². The Morgan fingerprint density at radius 1 is 1.14 bits per heavy atom. The SMILES string of the molecule is N[C@H]1[C@H]2CC[C@@H](C2)[C@H]1C(=O)N(CCC(F)(F)F)CC1CC1. The Hall–Kier alpha value is -0.780. The Balaban J connectivity index is 1.65. The van der Waals surface area contributed by atoms with Gasteiger partial charge in [-0.2, -0.15) is 13.2 Å². The number of halogens is 3. The number of hydrogen-bond acceptors (Lipinski definition) is 2. The summed E-state index contributed by atoms with van der Waals surface area (Å²) in [6, 6.07) is -0.149. The summed E-state index contributed by atoms with van der Waals surface area (Å²) in [5.74, 6) is 0.734. The molecular weight excluding hydrogens is 281 g/mol. The molecule has 0 radical (unpaired) electrons.